The van der Waals surface area contributed by atoms with Gasteiger partial charge in [0.05, 0.1) is 0 Å². The summed E-state index contributed by atoms with van der Waals surface area (Å²) in [6, 6.07) is 25.3. The van der Waals surface area contributed by atoms with Crippen molar-refractivity contribution in [2.45, 2.75) is 70.3 Å². The van der Waals surface area contributed by atoms with Gasteiger partial charge >= 0.3 is 0 Å². The Kier molecular flexibility index (Phi) is 10.6. The molecule has 4 rings (SSSR count). The number of nitrogens with two attached hydrogens (primary N) is 1. The van der Waals surface area contributed by atoms with E-state index in [9.17, 15) is 9.90 Å². The molecule has 1 fully saturated rings. The van der Waals surface area contributed by atoms with Crippen LogP contribution in [0.1, 0.15) is 55.2 Å². The predicted molar refractivity (Wildman–Crippen MR) is 150 cm³/mol. The number of aliphatic hydroxyl groups excluding tert-OH is 1. The van der Waals surface area contributed by atoms with Crippen molar-refractivity contribution in [1.82, 2.24) is 5.32 Å². The zero-order valence-electron chi connectivity index (χ0n) is 22.1. The molecule has 1 amide bonds. The van der Waals surface area contributed by atoms with Gasteiger partial charge in [0, 0.05) is 12.6 Å². The molecule has 6 heteroatoms. The molecule has 0 aliphatic heterocycles. The summed E-state index contributed by atoms with van der Waals surface area (Å²) in [5.41, 5.74) is 9.32. The van der Waals surface area contributed by atoms with Gasteiger partial charge in [0.25, 0.3) is 0 Å². The Labute approximate surface area is 226 Å². The van der Waals surface area contributed by atoms with Gasteiger partial charge in [0.15, 0.2) is 11.5 Å². The van der Waals surface area contributed by atoms with Crippen molar-refractivity contribution in [2.75, 3.05) is 6.54 Å². The molecule has 3 aromatic carbocycles. The second-order valence-corrected chi connectivity index (χ2v) is 10.2. The van der Waals surface area contributed by atoms with Crippen molar-refractivity contribution in [3.8, 4) is 11.5 Å². The van der Waals surface area contributed by atoms with Crippen LogP contribution in [0.4, 0.5) is 0 Å². The molecular formula is C32H40N2O4. The van der Waals surface area contributed by atoms with Crippen LogP contribution in [0.15, 0.2) is 78.9 Å². The molecule has 202 valence electrons. The molecule has 0 bridgehead atoms. The lowest BCUT2D eigenvalue weighted by molar-refractivity contribution is -0.130. The quantitative estimate of drug-likeness (QED) is 0.292. The average Bonchev–Trinajstić information content (AvgIpc) is 2.96. The second-order valence-electron chi connectivity index (χ2n) is 10.2. The van der Waals surface area contributed by atoms with Crippen molar-refractivity contribution >= 4 is 5.91 Å². The van der Waals surface area contributed by atoms with Gasteiger partial charge in [0.1, 0.15) is 19.3 Å². The molecule has 38 heavy (non-hydrogen) atoms. The summed E-state index contributed by atoms with van der Waals surface area (Å²) in [4.78, 5) is 12.5. The zero-order chi connectivity index (χ0) is 26.6. The maximum atomic E-state index is 12.5. The molecule has 0 heterocycles. The minimum atomic E-state index is -1.18. The van der Waals surface area contributed by atoms with Crippen LogP contribution >= 0.6 is 0 Å². The van der Waals surface area contributed by atoms with Gasteiger partial charge in [-0.05, 0) is 47.6 Å². The Balaban J connectivity index is 1.32. The van der Waals surface area contributed by atoms with E-state index in [0.29, 0.717) is 50.0 Å². The zero-order valence-corrected chi connectivity index (χ0v) is 22.1. The summed E-state index contributed by atoms with van der Waals surface area (Å²) in [7, 11) is 0. The minimum absolute atomic E-state index is 0.397. The standard InChI is InChI=1S/C32H40N2O4/c33-28(20-24-10-4-1-5-11-24)31(35)32(36)34-19-18-25-16-17-29(37-22-26-12-6-2-7-13-26)30(21-25)38-23-27-14-8-3-9-15-27/h2-3,6-9,12-17,21,24,28,31,35H,1,4-5,10-11,18-20,22-23,33H2,(H,34,36)/t28-,31?/m1/s1. The third-order valence-corrected chi connectivity index (χ3v) is 7.20. The number of carbonyl (C=O) groups is 1. The predicted octanol–water partition coefficient (Wildman–Crippen LogP) is 5.16. The molecule has 4 N–H and O–H groups in total. The first-order valence-electron chi connectivity index (χ1n) is 13.8. The van der Waals surface area contributed by atoms with Gasteiger partial charge < -0.3 is 25.6 Å². The number of nitrogens with one attached hydrogen (secondary N) is 1. The first kappa shape index (κ1) is 27.7. The Bertz CT molecular complexity index is 1120. The van der Waals surface area contributed by atoms with Gasteiger partial charge in [-0.25, -0.2) is 0 Å². The highest BCUT2D eigenvalue weighted by molar-refractivity contribution is 5.81. The van der Waals surface area contributed by atoms with Crippen molar-refractivity contribution in [1.29, 1.82) is 0 Å². The summed E-state index contributed by atoms with van der Waals surface area (Å²) in [6.07, 6.45) is 6.09. The third kappa shape index (κ3) is 8.61. The fraction of sp³-hybridized carbons (Fsp3) is 0.406. The average molecular weight is 517 g/mol. The lowest BCUT2D eigenvalue weighted by atomic mass is 9.84. The SMILES string of the molecule is N[C@H](CC1CCCCC1)C(O)C(=O)NCCc1ccc(OCc2ccccc2)c(OCc2ccccc2)c1. The van der Waals surface area contributed by atoms with Gasteiger partial charge in [0.2, 0.25) is 5.91 Å². The molecule has 2 atom stereocenters. The number of amides is 1. The fourth-order valence-electron chi connectivity index (χ4n) is 4.98. The van der Waals surface area contributed by atoms with Crippen LogP contribution in [0.5, 0.6) is 11.5 Å². The van der Waals surface area contributed by atoms with E-state index in [1.807, 2.05) is 78.9 Å². The summed E-state index contributed by atoms with van der Waals surface area (Å²) in [5.74, 6) is 1.43. The van der Waals surface area contributed by atoms with Crippen molar-refractivity contribution < 1.29 is 19.4 Å². The second kappa shape index (κ2) is 14.6. The third-order valence-electron chi connectivity index (χ3n) is 7.20. The minimum Gasteiger partial charge on any atom is -0.485 e. The van der Waals surface area contributed by atoms with E-state index in [0.717, 1.165) is 29.5 Å². The van der Waals surface area contributed by atoms with E-state index in [-0.39, 0.29) is 0 Å². The molecule has 0 aromatic heterocycles. The van der Waals surface area contributed by atoms with E-state index in [4.69, 9.17) is 15.2 Å². The van der Waals surface area contributed by atoms with Crippen LogP contribution < -0.4 is 20.5 Å². The Hall–Kier alpha value is -3.35. The molecule has 0 radical (unpaired) electrons. The summed E-state index contributed by atoms with van der Waals surface area (Å²) in [5, 5.41) is 13.3. The summed E-state index contributed by atoms with van der Waals surface area (Å²) < 4.78 is 12.2. The smallest absolute Gasteiger partial charge is 0.250 e. The Morgan fingerprint density at radius 2 is 1.45 bits per heavy atom. The first-order chi connectivity index (χ1) is 18.6. The largest absolute Gasteiger partial charge is 0.485 e. The molecule has 3 aromatic rings. The number of benzene rings is 3. The topological polar surface area (TPSA) is 93.8 Å². The highest BCUT2D eigenvalue weighted by atomic mass is 16.5. The number of hydrogen-bond acceptors (Lipinski definition) is 5. The molecule has 0 spiro atoms. The maximum Gasteiger partial charge on any atom is 0.250 e. The molecule has 1 aliphatic rings. The normalized spacial score (nSPS) is 15.4. The van der Waals surface area contributed by atoms with Gasteiger partial charge in [-0.3, -0.25) is 4.79 Å². The molecule has 0 saturated heterocycles. The van der Waals surface area contributed by atoms with E-state index >= 15 is 0 Å². The fourth-order valence-corrected chi connectivity index (χ4v) is 4.98. The van der Waals surface area contributed by atoms with Crippen LogP contribution in [0.2, 0.25) is 0 Å². The van der Waals surface area contributed by atoms with Crippen LogP contribution in [0.25, 0.3) is 0 Å². The lowest BCUT2D eigenvalue weighted by Crippen LogP contribution is -2.47. The Morgan fingerprint density at radius 1 is 0.842 bits per heavy atom. The first-order valence-corrected chi connectivity index (χ1v) is 13.8. The number of rotatable bonds is 13. The van der Waals surface area contributed by atoms with E-state index < -0.39 is 18.1 Å². The van der Waals surface area contributed by atoms with Gasteiger partial charge in [-0.2, -0.15) is 0 Å². The molecular weight excluding hydrogens is 476 g/mol. The lowest BCUT2D eigenvalue weighted by Gasteiger charge is -2.26. The van der Waals surface area contributed by atoms with Crippen molar-refractivity contribution in [3.63, 3.8) is 0 Å². The molecule has 1 aliphatic carbocycles. The summed E-state index contributed by atoms with van der Waals surface area (Å²) in [6.45, 7) is 1.26. The highest BCUT2D eigenvalue weighted by Gasteiger charge is 2.26. The van der Waals surface area contributed by atoms with Crippen molar-refractivity contribution in [2.24, 2.45) is 11.7 Å². The molecule has 6 nitrogen and oxygen atoms in total. The van der Waals surface area contributed by atoms with Gasteiger partial charge in [-0.15, -0.1) is 0 Å². The molecule has 1 saturated carbocycles. The monoisotopic (exact) mass is 516 g/mol. The van der Waals surface area contributed by atoms with E-state index in [1.54, 1.807) is 0 Å². The number of carbonyl (C=O) groups excluding carboxylic acids is 1. The van der Waals surface area contributed by atoms with Crippen molar-refractivity contribution in [3.05, 3.63) is 95.6 Å². The van der Waals surface area contributed by atoms with Crippen LogP contribution in [-0.4, -0.2) is 29.7 Å². The van der Waals surface area contributed by atoms with Gasteiger partial charge in [-0.1, -0.05) is 98.8 Å². The molecule has 1 unspecified atom stereocenters. The Morgan fingerprint density at radius 3 is 2.08 bits per heavy atom. The van der Waals surface area contributed by atoms with Crippen LogP contribution in [0, 0.1) is 5.92 Å². The highest BCUT2D eigenvalue weighted by Crippen LogP contribution is 2.30. The summed E-state index contributed by atoms with van der Waals surface area (Å²) >= 11 is 0. The van der Waals surface area contributed by atoms with E-state index in [1.165, 1.54) is 19.3 Å². The van der Waals surface area contributed by atoms with Crippen LogP contribution in [0.3, 0.4) is 0 Å². The number of hydrogen-bond donors (Lipinski definition) is 3. The van der Waals surface area contributed by atoms with Crippen LogP contribution in [-0.2, 0) is 24.4 Å². The number of ether oxygens (including phenoxy) is 2. The maximum absolute atomic E-state index is 12.5. The number of aliphatic hydroxyl groups is 1. The van der Waals surface area contributed by atoms with E-state index in [2.05, 4.69) is 5.32 Å².